The van der Waals surface area contributed by atoms with E-state index < -0.39 is 42.0 Å². The van der Waals surface area contributed by atoms with E-state index in [1.807, 2.05) is 0 Å². The van der Waals surface area contributed by atoms with Gasteiger partial charge in [-0.3, -0.25) is 9.59 Å². The first kappa shape index (κ1) is 27.4. The second-order valence-electron chi connectivity index (χ2n) is 8.84. The molecule has 10 nitrogen and oxygen atoms in total. The highest BCUT2D eigenvalue weighted by Crippen LogP contribution is 2.31. The number of nitrogens with one attached hydrogen (secondary N) is 1. The highest BCUT2D eigenvalue weighted by molar-refractivity contribution is 6.31. The first-order valence-corrected chi connectivity index (χ1v) is 11.8. The standard InChI is InChI=1S/C25H31ClN4O6/c1-30-21(25(35)36-2)10-15-7-13(3-5-18(15)26)14-4-6-22(32)16(8-14)9-19(28)23(33)29-20(24(30)34)11-17(31)12-27/h3-8,17,19-21,31-32H,9-12,27-28H2,1-2H3,(H,29,33)/t17-,19?,20+,21+/m1/s1. The van der Waals surface area contributed by atoms with Crippen LogP contribution in [-0.4, -0.2) is 77.8 Å². The summed E-state index contributed by atoms with van der Waals surface area (Å²) in [5, 5.41) is 23.5. The molecule has 0 saturated heterocycles. The van der Waals surface area contributed by atoms with Crippen molar-refractivity contribution < 1.29 is 29.3 Å². The van der Waals surface area contributed by atoms with Crippen molar-refractivity contribution in [2.75, 3.05) is 20.7 Å². The fourth-order valence-corrected chi connectivity index (χ4v) is 4.35. The van der Waals surface area contributed by atoms with Crippen LogP contribution in [0.1, 0.15) is 17.5 Å². The number of ether oxygens (including phenoxy) is 1. The SMILES string of the molecule is COC(=O)[C@@H]1Cc2cc(ccc2Cl)-c2ccc(O)c(c2)CC(N)C(=O)N[C@@H](C[C@@H](O)CN)C(=O)N1C. The summed E-state index contributed by atoms with van der Waals surface area (Å²) in [5.41, 5.74) is 14.2. The number of halogens is 1. The van der Waals surface area contributed by atoms with Crippen molar-refractivity contribution in [3.8, 4) is 16.9 Å². The maximum absolute atomic E-state index is 13.5. The number of aromatic hydroxyl groups is 1. The Hall–Kier alpha value is -3.18. The molecule has 1 unspecified atom stereocenters. The van der Waals surface area contributed by atoms with Crippen LogP contribution in [0.25, 0.3) is 11.1 Å². The summed E-state index contributed by atoms with van der Waals surface area (Å²) in [7, 11) is 2.62. The predicted molar refractivity (Wildman–Crippen MR) is 134 cm³/mol. The summed E-state index contributed by atoms with van der Waals surface area (Å²) in [6, 6.07) is 6.83. The number of carbonyl (C=O) groups excluding carboxylic acids is 3. The van der Waals surface area contributed by atoms with E-state index in [-0.39, 0.29) is 31.6 Å². The second-order valence-corrected chi connectivity index (χ2v) is 9.25. The van der Waals surface area contributed by atoms with Gasteiger partial charge >= 0.3 is 5.97 Å². The summed E-state index contributed by atoms with van der Waals surface area (Å²) >= 11 is 6.45. The van der Waals surface area contributed by atoms with Crippen LogP contribution in [0.4, 0.5) is 0 Å². The number of amides is 2. The van der Waals surface area contributed by atoms with Crippen LogP contribution < -0.4 is 16.8 Å². The van der Waals surface area contributed by atoms with Gasteiger partial charge < -0.3 is 36.6 Å². The molecule has 4 bridgehead atoms. The fourth-order valence-electron chi connectivity index (χ4n) is 4.16. The Labute approximate surface area is 214 Å². The van der Waals surface area contributed by atoms with Gasteiger partial charge in [-0.25, -0.2) is 4.79 Å². The first-order chi connectivity index (χ1) is 17.0. The van der Waals surface area contributed by atoms with Gasteiger partial charge in [-0.05, 0) is 46.5 Å². The molecule has 36 heavy (non-hydrogen) atoms. The van der Waals surface area contributed by atoms with E-state index in [2.05, 4.69) is 5.32 Å². The van der Waals surface area contributed by atoms with Gasteiger partial charge in [-0.1, -0.05) is 23.7 Å². The number of esters is 1. The average Bonchev–Trinajstić information content (AvgIpc) is 2.87. The Balaban J connectivity index is 2.15. The van der Waals surface area contributed by atoms with Crippen LogP contribution >= 0.6 is 11.6 Å². The molecule has 0 aromatic heterocycles. The summed E-state index contributed by atoms with van der Waals surface area (Å²) < 4.78 is 4.95. The zero-order valence-corrected chi connectivity index (χ0v) is 20.9. The van der Waals surface area contributed by atoms with Gasteiger partial charge in [0.25, 0.3) is 0 Å². The van der Waals surface area contributed by atoms with E-state index in [1.54, 1.807) is 30.3 Å². The summed E-state index contributed by atoms with van der Waals surface area (Å²) in [6.07, 6.45) is -1.25. The number of hydrogen-bond donors (Lipinski definition) is 5. The van der Waals surface area contributed by atoms with Gasteiger partial charge in [-0.2, -0.15) is 0 Å². The Morgan fingerprint density at radius 1 is 1.19 bits per heavy atom. The lowest BCUT2D eigenvalue weighted by atomic mass is 9.96. The van der Waals surface area contributed by atoms with Crippen molar-refractivity contribution in [3.05, 3.63) is 52.5 Å². The van der Waals surface area contributed by atoms with E-state index in [9.17, 15) is 24.6 Å². The van der Waals surface area contributed by atoms with Crippen molar-refractivity contribution >= 4 is 29.4 Å². The number of fused-ring (bicyclic) bond motifs is 5. The highest BCUT2D eigenvalue weighted by atomic mass is 35.5. The maximum Gasteiger partial charge on any atom is 0.328 e. The number of carbonyl (C=O) groups is 3. The number of methoxy groups -OCH3 is 1. The number of aliphatic hydroxyl groups excluding tert-OH is 1. The molecule has 0 fully saturated rings. The molecular formula is C25H31ClN4O6. The third-order valence-electron chi connectivity index (χ3n) is 6.33. The van der Waals surface area contributed by atoms with Crippen molar-refractivity contribution in [2.45, 2.75) is 43.5 Å². The molecule has 1 aliphatic heterocycles. The van der Waals surface area contributed by atoms with Gasteiger partial charge in [-0.15, -0.1) is 0 Å². The number of phenolic OH excluding ortho intramolecular Hbond substituents is 1. The number of nitrogens with zero attached hydrogens (tertiary/aromatic N) is 1. The van der Waals surface area contributed by atoms with Crippen LogP contribution in [0.3, 0.4) is 0 Å². The van der Waals surface area contributed by atoms with Crippen molar-refractivity contribution in [1.29, 1.82) is 0 Å². The zero-order chi connectivity index (χ0) is 26.6. The van der Waals surface area contributed by atoms with E-state index in [1.165, 1.54) is 25.1 Å². The summed E-state index contributed by atoms with van der Waals surface area (Å²) in [6.45, 7) is -0.140. The molecule has 3 rings (SSSR count). The van der Waals surface area contributed by atoms with E-state index in [0.29, 0.717) is 16.1 Å². The molecule has 1 aliphatic rings. The lowest BCUT2D eigenvalue weighted by molar-refractivity contribution is -0.153. The minimum atomic E-state index is -1.22. The van der Waals surface area contributed by atoms with Gasteiger partial charge in [0.15, 0.2) is 0 Å². The molecule has 2 aromatic carbocycles. The monoisotopic (exact) mass is 518 g/mol. The van der Waals surface area contributed by atoms with E-state index in [4.69, 9.17) is 27.8 Å². The van der Waals surface area contributed by atoms with Gasteiger partial charge in [0, 0.05) is 37.9 Å². The quantitative estimate of drug-likeness (QED) is 0.361. The number of benzene rings is 2. The van der Waals surface area contributed by atoms with Crippen LogP contribution in [0, 0.1) is 0 Å². The van der Waals surface area contributed by atoms with Crippen molar-refractivity contribution in [1.82, 2.24) is 10.2 Å². The molecule has 0 spiro atoms. The summed E-state index contributed by atoms with van der Waals surface area (Å²) in [5.74, 6) is -2.00. The lowest BCUT2D eigenvalue weighted by Gasteiger charge is -2.31. The Morgan fingerprint density at radius 3 is 2.47 bits per heavy atom. The third-order valence-corrected chi connectivity index (χ3v) is 6.70. The van der Waals surface area contributed by atoms with Crippen LogP contribution in [-0.2, 0) is 32.0 Å². The molecule has 0 radical (unpaired) electrons. The molecule has 2 aromatic rings. The van der Waals surface area contributed by atoms with E-state index in [0.717, 1.165) is 11.1 Å². The molecule has 4 atom stereocenters. The number of nitrogens with two attached hydrogens (primary N) is 2. The minimum Gasteiger partial charge on any atom is -0.508 e. The number of aliphatic hydroxyl groups is 1. The molecule has 0 aliphatic carbocycles. The van der Waals surface area contributed by atoms with Crippen LogP contribution in [0.15, 0.2) is 36.4 Å². The molecule has 1 heterocycles. The Bertz CT molecular complexity index is 1140. The zero-order valence-electron chi connectivity index (χ0n) is 20.1. The molecule has 194 valence electrons. The third kappa shape index (κ3) is 6.14. The topological polar surface area (TPSA) is 168 Å². The molecule has 0 saturated carbocycles. The molecule has 11 heteroatoms. The van der Waals surface area contributed by atoms with Gasteiger partial charge in [0.2, 0.25) is 11.8 Å². The van der Waals surface area contributed by atoms with Crippen molar-refractivity contribution in [2.24, 2.45) is 11.5 Å². The molecular weight excluding hydrogens is 488 g/mol. The van der Waals surface area contributed by atoms with Crippen molar-refractivity contribution in [3.63, 3.8) is 0 Å². The highest BCUT2D eigenvalue weighted by Gasteiger charge is 2.35. The van der Waals surface area contributed by atoms with E-state index >= 15 is 0 Å². The second kappa shape index (κ2) is 11.7. The number of phenols is 1. The first-order valence-electron chi connectivity index (χ1n) is 11.4. The molecule has 7 N–H and O–H groups in total. The lowest BCUT2D eigenvalue weighted by Crippen LogP contribution is -2.56. The smallest absolute Gasteiger partial charge is 0.328 e. The fraction of sp³-hybridized carbons (Fsp3) is 0.400. The Kier molecular flexibility index (Phi) is 8.91. The number of likely N-dealkylation sites (N-methyl/N-ethyl adjacent to an activating group) is 1. The van der Waals surface area contributed by atoms with Gasteiger partial charge in [0.05, 0.1) is 19.3 Å². The summed E-state index contributed by atoms with van der Waals surface area (Å²) in [4.78, 5) is 40.3. The normalized spacial score (nSPS) is 21.7. The molecule has 2 amide bonds. The van der Waals surface area contributed by atoms with Crippen LogP contribution in [0.5, 0.6) is 5.75 Å². The van der Waals surface area contributed by atoms with Crippen LogP contribution in [0.2, 0.25) is 5.02 Å². The van der Waals surface area contributed by atoms with Gasteiger partial charge in [0.1, 0.15) is 17.8 Å². The largest absolute Gasteiger partial charge is 0.508 e. The average molecular weight is 519 g/mol. The number of hydrogen-bond acceptors (Lipinski definition) is 8. The Morgan fingerprint density at radius 2 is 1.83 bits per heavy atom. The predicted octanol–water partition coefficient (Wildman–Crippen LogP) is 0.333. The maximum atomic E-state index is 13.5. The minimum absolute atomic E-state index is 0.00701. The number of rotatable bonds is 4.